The van der Waals surface area contributed by atoms with Crippen molar-refractivity contribution in [3.8, 4) is 5.88 Å². The van der Waals surface area contributed by atoms with E-state index >= 15 is 0 Å². The van der Waals surface area contributed by atoms with Gasteiger partial charge in [-0.05, 0) is 25.3 Å². The van der Waals surface area contributed by atoms with E-state index in [0.29, 0.717) is 18.4 Å². The smallest absolute Gasteiger partial charge is 0.225 e. The maximum atomic E-state index is 5.33. The predicted octanol–water partition coefficient (Wildman–Crippen LogP) is 2.92. The first-order chi connectivity index (χ1) is 9.38. The summed E-state index contributed by atoms with van der Waals surface area (Å²) in [7, 11) is 0. The van der Waals surface area contributed by atoms with E-state index in [1.807, 2.05) is 13.0 Å². The van der Waals surface area contributed by atoms with Crippen molar-refractivity contribution in [1.82, 2.24) is 9.97 Å². The highest BCUT2D eigenvalue weighted by Gasteiger charge is 1.99. The number of nitrogens with one attached hydrogen (secondary N) is 1. The average Bonchev–Trinajstić information content (AvgIpc) is 2.46. The second-order valence-electron chi connectivity index (χ2n) is 4.17. The van der Waals surface area contributed by atoms with Crippen LogP contribution in [0.1, 0.15) is 18.9 Å². The Labute approximate surface area is 113 Å². The summed E-state index contributed by atoms with van der Waals surface area (Å²) < 4.78 is 5.33. The van der Waals surface area contributed by atoms with E-state index < -0.39 is 0 Å². The molecule has 19 heavy (non-hydrogen) atoms. The molecule has 1 heterocycles. The normalized spacial score (nSPS) is 10.2. The van der Waals surface area contributed by atoms with Gasteiger partial charge in [-0.2, -0.15) is 4.98 Å². The van der Waals surface area contributed by atoms with Crippen LogP contribution in [0.25, 0.3) is 0 Å². The molecule has 1 aromatic carbocycles. The minimum absolute atomic E-state index is 0.614. The molecule has 2 aromatic rings. The predicted molar refractivity (Wildman–Crippen MR) is 76.5 cm³/mol. The van der Waals surface area contributed by atoms with Crippen LogP contribution in [0.4, 0.5) is 5.95 Å². The molecule has 0 amide bonds. The average molecular weight is 257 g/mol. The molecule has 100 valence electrons. The van der Waals surface area contributed by atoms with Crippen LogP contribution in [0.15, 0.2) is 42.6 Å². The third-order valence-electron chi connectivity index (χ3n) is 2.69. The van der Waals surface area contributed by atoms with Crippen molar-refractivity contribution in [2.45, 2.75) is 19.8 Å². The van der Waals surface area contributed by atoms with Gasteiger partial charge in [0.1, 0.15) is 0 Å². The Kier molecular flexibility index (Phi) is 5.17. The topological polar surface area (TPSA) is 47.0 Å². The van der Waals surface area contributed by atoms with Gasteiger partial charge < -0.3 is 10.1 Å². The third kappa shape index (κ3) is 4.58. The van der Waals surface area contributed by atoms with Crippen LogP contribution in [0.5, 0.6) is 5.88 Å². The van der Waals surface area contributed by atoms with Crippen LogP contribution in [-0.4, -0.2) is 23.1 Å². The summed E-state index contributed by atoms with van der Waals surface area (Å²) in [6.07, 6.45) is 3.81. The van der Waals surface area contributed by atoms with Gasteiger partial charge in [0.25, 0.3) is 0 Å². The Morgan fingerprint density at radius 3 is 2.79 bits per heavy atom. The maximum absolute atomic E-state index is 5.33. The largest absolute Gasteiger partial charge is 0.478 e. The van der Waals surface area contributed by atoms with E-state index in [0.717, 1.165) is 19.4 Å². The SMILES string of the molecule is CCOc1ccnc(NCCCc2ccccc2)n1. The number of benzene rings is 1. The van der Waals surface area contributed by atoms with Gasteiger partial charge in [0.05, 0.1) is 6.61 Å². The van der Waals surface area contributed by atoms with Crippen LogP contribution >= 0.6 is 0 Å². The summed E-state index contributed by atoms with van der Waals surface area (Å²) in [4.78, 5) is 8.43. The van der Waals surface area contributed by atoms with Crippen LogP contribution in [0.3, 0.4) is 0 Å². The minimum atomic E-state index is 0.614. The molecule has 2 rings (SSSR count). The number of ether oxygens (including phenoxy) is 1. The highest BCUT2D eigenvalue weighted by molar-refractivity contribution is 5.27. The standard InChI is InChI=1S/C15H19N3O/c1-2-19-14-10-12-17-15(18-14)16-11-6-9-13-7-4-3-5-8-13/h3-5,7-8,10,12H,2,6,9,11H2,1H3,(H,16,17,18). The lowest BCUT2D eigenvalue weighted by molar-refractivity contribution is 0.326. The van der Waals surface area contributed by atoms with Crippen molar-refractivity contribution in [2.75, 3.05) is 18.5 Å². The van der Waals surface area contributed by atoms with E-state index in [1.165, 1.54) is 5.56 Å². The van der Waals surface area contributed by atoms with Gasteiger partial charge in [-0.25, -0.2) is 4.98 Å². The van der Waals surface area contributed by atoms with Crippen molar-refractivity contribution in [3.05, 3.63) is 48.2 Å². The first-order valence-electron chi connectivity index (χ1n) is 6.62. The first-order valence-corrected chi connectivity index (χ1v) is 6.62. The molecule has 0 spiro atoms. The minimum Gasteiger partial charge on any atom is -0.478 e. The highest BCUT2D eigenvalue weighted by Crippen LogP contribution is 2.08. The van der Waals surface area contributed by atoms with Crippen molar-refractivity contribution in [1.29, 1.82) is 0 Å². The quantitative estimate of drug-likeness (QED) is 0.775. The fourth-order valence-corrected chi connectivity index (χ4v) is 1.79. The lowest BCUT2D eigenvalue weighted by Gasteiger charge is -2.06. The molecule has 0 saturated carbocycles. The highest BCUT2D eigenvalue weighted by atomic mass is 16.5. The third-order valence-corrected chi connectivity index (χ3v) is 2.69. The summed E-state index contributed by atoms with van der Waals surface area (Å²) in [5.74, 6) is 1.24. The number of hydrogen-bond donors (Lipinski definition) is 1. The molecule has 4 nitrogen and oxygen atoms in total. The number of nitrogens with zero attached hydrogens (tertiary/aromatic N) is 2. The van der Waals surface area contributed by atoms with Crippen LogP contribution in [0, 0.1) is 0 Å². The molecule has 0 unspecified atom stereocenters. The van der Waals surface area contributed by atoms with Crippen LogP contribution in [-0.2, 0) is 6.42 Å². The Morgan fingerprint density at radius 1 is 1.16 bits per heavy atom. The molecular weight excluding hydrogens is 238 g/mol. The molecule has 4 heteroatoms. The van der Waals surface area contributed by atoms with Gasteiger partial charge in [0, 0.05) is 18.8 Å². The second-order valence-corrected chi connectivity index (χ2v) is 4.17. The Morgan fingerprint density at radius 2 is 2.00 bits per heavy atom. The lowest BCUT2D eigenvalue weighted by Crippen LogP contribution is -2.07. The molecule has 1 aromatic heterocycles. The number of aryl methyl sites for hydroxylation is 1. The Hall–Kier alpha value is -2.10. The van der Waals surface area contributed by atoms with Crippen LogP contribution in [0.2, 0.25) is 0 Å². The molecule has 0 radical (unpaired) electrons. The summed E-state index contributed by atoms with van der Waals surface area (Å²) >= 11 is 0. The second kappa shape index (κ2) is 7.36. The van der Waals surface area contributed by atoms with E-state index in [1.54, 1.807) is 12.3 Å². The van der Waals surface area contributed by atoms with Gasteiger partial charge in [-0.3, -0.25) is 0 Å². The summed E-state index contributed by atoms with van der Waals surface area (Å²) in [5, 5.41) is 3.21. The zero-order valence-electron chi connectivity index (χ0n) is 11.2. The first kappa shape index (κ1) is 13.3. The van der Waals surface area contributed by atoms with Crippen molar-refractivity contribution in [2.24, 2.45) is 0 Å². The molecule has 0 fully saturated rings. The van der Waals surface area contributed by atoms with Gasteiger partial charge in [0.2, 0.25) is 11.8 Å². The van der Waals surface area contributed by atoms with Gasteiger partial charge >= 0.3 is 0 Å². The molecule has 0 bridgehead atoms. The van der Waals surface area contributed by atoms with E-state index in [9.17, 15) is 0 Å². The zero-order chi connectivity index (χ0) is 13.3. The zero-order valence-corrected chi connectivity index (χ0v) is 11.2. The van der Waals surface area contributed by atoms with E-state index in [2.05, 4.69) is 39.6 Å². The molecule has 0 atom stereocenters. The number of hydrogen-bond acceptors (Lipinski definition) is 4. The number of rotatable bonds is 7. The summed E-state index contributed by atoms with van der Waals surface area (Å²) in [5.41, 5.74) is 1.35. The molecule has 0 aliphatic heterocycles. The van der Waals surface area contributed by atoms with Crippen molar-refractivity contribution >= 4 is 5.95 Å². The van der Waals surface area contributed by atoms with E-state index in [-0.39, 0.29) is 0 Å². The fraction of sp³-hybridized carbons (Fsp3) is 0.333. The molecule has 0 aliphatic rings. The molecule has 0 aliphatic carbocycles. The van der Waals surface area contributed by atoms with Gasteiger partial charge in [-0.15, -0.1) is 0 Å². The number of anilines is 1. The molecule has 1 N–H and O–H groups in total. The van der Waals surface area contributed by atoms with Crippen molar-refractivity contribution < 1.29 is 4.74 Å². The summed E-state index contributed by atoms with van der Waals surface area (Å²) in [6, 6.07) is 12.2. The number of aromatic nitrogens is 2. The Bertz CT molecular complexity index is 488. The lowest BCUT2D eigenvalue weighted by atomic mass is 10.1. The van der Waals surface area contributed by atoms with E-state index in [4.69, 9.17) is 4.74 Å². The fourth-order valence-electron chi connectivity index (χ4n) is 1.79. The molecule has 0 saturated heterocycles. The Balaban J connectivity index is 1.75. The van der Waals surface area contributed by atoms with Gasteiger partial charge in [0.15, 0.2) is 0 Å². The van der Waals surface area contributed by atoms with Crippen molar-refractivity contribution in [3.63, 3.8) is 0 Å². The maximum Gasteiger partial charge on any atom is 0.225 e. The molecular formula is C15H19N3O. The van der Waals surface area contributed by atoms with Gasteiger partial charge in [-0.1, -0.05) is 30.3 Å². The van der Waals surface area contributed by atoms with Crippen LogP contribution < -0.4 is 10.1 Å². The monoisotopic (exact) mass is 257 g/mol. The summed E-state index contributed by atoms with van der Waals surface area (Å²) in [6.45, 7) is 3.41.